The van der Waals surface area contributed by atoms with E-state index in [0.717, 1.165) is 31.2 Å². The first-order valence-corrected chi connectivity index (χ1v) is 10.6. The van der Waals surface area contributed by atoms with Crippen LogP contribution in [0.3, 0.4) is 0 Å². The Balaban J connectivity index is 1.86. The van der Waals surface area contributed by atoms with Crippen LogP contribution in [0.25, 0.3) is 27.9 Å². The topological polar surface area (TPSA) is 74.3 Å². The van der Waals surface area contributed by atoms with Crippen molar-refractivity contribution in [3.8, 4) is 17.0 Å². The average Bonchev–Trinajstić information content (AvgIpc) is 2.95. The number of aromatic nitrogens is 5. The predicted molar refractivity (Wildman–Crippen MR) is 116 cm³/mol. The maximum Gasteiger partial charge on any atom is 0.262 e. The molecule has 7 heteroatoms. The summed E-state index contributed by atoms with van der Waals surface area (Å²) in [6.45, 7) is 1.83. The molecule has 0 radical (unpaired) electrons. The van der Waals surface area contributed by atoms with Gasteiger partial charge in [0.15, 0.2) is 0 Å². The van der Waals surface area contributed by atoms with Crippen LogP contribution in [0.4, 0.5) is 0 Å². The molecule has 1 saturated carbocycles. The van der Waals surface area contributed by atoms with E-state index in [1.165, 1.54) is 12.8 Å². The molecule has 0 saturated heterocycles. The van der Waals surface area contributed by atoms with Crippen molar-refractivity contribution in [3.63, 3.8) is 0 Å². The summed E-state index contributed by atoms with van der Waals surface area (Å²) in [6.07, 6.45) is 8.78. The third-order valence-electron chi connectivity index (χ3n) is 6.04. The van der Waals surface area contributed by atoms with Crippen molar-refractivity contribution in [1.82, 2.24) is 24.1 Å². The number of ether oxygens (including phenoxy) is 1. The number of aryl methyl sites for hydroxylation is 1. The molecular weight excluding hydrogens is 378 g/mol. The van der Waals surface area contributed by atoms with Gasteiger partial charge in [0.1, 0.15) is 11.6 Å². The molecule has 0 N–H and O–H groups in total. The summed E-state index contributed by atoms with van der Waals surface area (Å²) in [4.78, 5) is 22.9. The van der Waals surface area contributed by atoms with E-state index < -0.39 is 0 Å². The lowest BCUT2D eigenvalue weighted by molar-refractivity contribution is 0.416. The standard InChI is InChI=1S/C23H25N5O2/c1-15-24-23-25-18-13-14-27(16-9-5-3-4-6-10-16)22(29)20(18)21(28(23)26-15)17-11-7-8-12-19(17)30-2/h7-8,11-14,16H,3-6,9-10H2,1-2H3. The van der Waals surface area contributed by atoms with Gasteiger partial charge in [0.2, 0.25) is 0 Å². The van der Waals surface area contributed by atoms with Gasteiger partial charge in [0, 0.05) is 17.8 Å². The van der Waals surface area contributed by atoms with Crippen molar-refractivity contribution in [1.29, 1.82) is 0 Å². The van der Waals surface area contributed by atoms with Gasteiger partial charge in [0.05, 0.1) is 23.7 Å². The fourth-order valence-electron chi connectivity index (χ4n) is 4.61. The van der Waals surface area contributed by atoms with Crippen LogP contribution < -0.4 is 10.3 Å². The minimum absolute atomic E-state index is 0.0251. The SMILES string of the molecule is COc1ccccc1-c1c2c(=O)n(C3CCCCCC3)ccc2nc2nc(C)nn12. The number of fused-ring (bicyclic) bond motifs is 2. The van der Waals surface area contributed by atoms with Crippen LogP contribution >= 0.6 is 0 Å². The maximum atomic E-state index is 13.8. The molecule has 0 unspecified atom stereocenters. The third kappa shape index (κ3) is 3.05. The molecule has 7 nitrogen and oxygen atoms in total. The molecule has 30 heavy (non-hydrogen) atoms. The molecule has 0 spiro atoms. The highest BCUT2D eigenvalue weighted by molar-refractivity contribution is 5.94. The van der Waals surface area contributed by atoms with Crippen molar-refractivity contribution < 1.29 is 4.74 Å². The summed E-state index contributed by atoms with van der Waals surface area (Å²) in [5.74, 6) is 1.77. The maximum absolute atomic E-state index is 13.8. The lowest BCUT2D eigenvalue weighted by Gasteiger charge is -2.19. The second-order valence-electron chi connectivity index (χ2n) is 7.97. The van der Waals surface area contributed by atoms with Gasteiger partial charge in [-0.3, -0.25) is 4.79 Å². The van der Waals surface area contributed by atoms with E-state index in [1.54, 1.807) is 11.6 Å². The number of nitrogens with zero attached hydrogens (tertiary/aromatic N) is 5. The van der Waals surface area contributed by atoms with Gasteiger partial charge in [-0.15, -0.1) is 5.10 Å². The Bertz CT molecular complexity index is 1280. The molecule has 0 aliphatic heterocycles. The number of hydrogen-bond donors (Lipinski definition) is 0. The zero-order valence-electron chi connectivity index (χ0n) is 17.3. The van der Waals surface area contributed by atoms with Gasteiger partial charge < -0.3 is 9.30 Å². The van der Waals surface area contributed by atoms with Gasteiger partial charge in [0.25, 0.3) is 11.3 Å². The third-order valence-corrected chi connectivity index (χ3v) is 6.04. The van der Waals surface area contributed by atoms with Crippen molar-refractivity contribution in [2.24, 2.45) is 0 Å². The monoisotopic (exact) mass is 403 g/mol. The summed E-state index contributed by atoms with van der Waals surface area (Å²) in [5.41, 5.74) is 2.09. The lowest BCUT2D eigenvalue weighted by atomic mass is 10.0. The van der Waals surface area contributed by atoms with E-state index in [9.17, 15) is 4.79 Å². The Hall–Kier alpha value is -3.22. The number of rotatable bonds is 3. The van der Waals surface area contributed by atoms with Crippen LogP contribution in [0.1, 0.15) is 50.4 Å². The number of para-hydroxylation sites is 1. The zero-order chi connectivity index (χ0) is 20.7. The first-order valence-electron chi connectivity index (χ1n) is 10.6. The van der Waals surface area contributed by atoms with E-state index in [-0.39, 0.29) is 11.6 Å². The summed E-state index contributed by atoms with van der Waals surface area (Å²) in [5, 5.41) is 5.11. The van der Waals surface area contributed by atoms with Crippen molar-refractivity contribution in [2.75, 3.05) is 7.11 Å². The summed E-state index contributed by atoms with van der Waals surface area (Å²) in [6, 6.07) is 9.86. The zero-order valence-corrected chi connectivity index (χ0v) is 17.3. The number of hydrogen-bond acceptors (Lipinski definition) is 5. The summed E-state index contributed by atoms with van der Waals surface area (Å²) in [7, 11) is 1.63. The van der Waals surface area contributed by atoms with Gasteiger partial charge >= 0.3 is 0 Å². The van der Waals surface area contributed by atoms with E-state index in [2.05, 4.69) is 15.1 Å². The van der Waals surface area contributed by atoms with Crippen LogP contribution in [-0.4, -0.2) is 31.3 Å². The normalized spacial score (nSPS) is 15.5. The van der Waals surface area contributed by atoms with Crippen LogP contribution in [-0.2, 0) is 0 Å². The average molecular weight is 403 g/mol. The van der Waals surface area contributed by atoms with Crippen LogP contribution in [0.15, 0.2) is 41.3 Å². The van der Waals surface area contributed by atoms with Crippen LogP contribution in [0.5, 0.6) is 5.75 Å². The highest BCUT2D eigenvalue weighted by atomic mass is 16.5. The Kier molecular flexibility index (Phi) is 4.73. The molecule has 0 bridgehead atoms. The van der Waals surface area contributed by atoms with Crippen LogP contribution in [0.2, 0.25) is 0 Å². The van der Waals surface area contributed by atoms with Crippen molar-refractivity contribution in [3.05, 3.63) is 52.7 Å². The first kappa shape index (κ1) is 18.8. The largest absolute Gasteiger partial charge is 0.496 e. The van der Waals surface area contributed by atoms with Gasteiger partial charge in [-0.05, 0) is 38.0 Å². The van der Waals surface area contributed by atoms with Crippen molar-refractivity contribution in [2.45, 2.75) is 51.5 Å². The Morgan fingerprint density at radius 3 is 2.57 bits per heavy atom. The highest BCUT2D eigenvalue weighted by Crippen LogP contribution is 2.34. The lowest BCUT2D eigenvalue weighted by Crippen LogP contribution is -2.25. The Labute approximate surface area is 174 Å². The highest BCUT2D eigenvalue weighted by Gasteiger charge is 2.22. The van der Waals surface area contributed by atoms with Gasteiger partial charge in [-0.1, -0.05) is 37.8 Å². The minimum atomic E-state index is -0.0251. The molecule has 1 aliphatic carbocycles. The minimum Gasteiger partial charge on any atom is -0.496 e. The molecule has 5 rings (SSSR count). The second kappa shape index (κ2) is 7.55. The molecule has 3 aromatic heterocycles. The molecule has 1 aromatic carbocycles. The number of benzene rings is 1. The first-order chi connectivity index (χ1) is 14.7. The van der Waals surface area contributed by atoms with E-state index in [0.29, 0.717) is 33.9 Å². The predicted octanol–water partition coefficient (Wildman–Crippen LogP) is 4.32. The number of pyridine rings is 1. The molecule has 3 heterocycles. The molecule has 0 atom stereocenters. The molecule has 154 valence electrons. The van der Waals surface area contributed by atoms with Gasteiger partial charge in [-0.25, -0.2) is 4.98 Å². The van der Waals surface area contributed by atoms with E-state index in [4.69, 9.17) is 4.74 Å². The smallest absolute Gasteiger partial charge is 0.262 e. The van der Waals surface area contributed by atoms with Crippen molar-refractivity contribution >= 4 is 16.7 Å². The molecular formula is C23H25N5O2. The van der Waals surface area contributed by atoms with E-state index >= 15 is 0 Å². The summed E-state index contributed by atoms with van der Waals surface area (Å²) < 4.78 is 9.20. The molecule has 4 aromatic rings. The Morgan fingerprint density at radius 2 is 1.80 bits per heavy atom. The molecule has 1 aliphatic rings. The van der Waals surface area contributed by atoms with Crippen LogP contribution in [0, 0.1) is 6.92 Å². The molecule has 1 fully saturated rings. The second-order valence-corrected chi connectivity index (χ2v) is 7.97. The number of methoxy groups -OCH3 is 1. The Morgan fingerprint density at radius 1 is 1.03 bits per heavy atom. The van der Waals surface area contributed by atoms with E-state index in [1.807, 2.05) is 48.0 Å². The molecule has 0 amide bonds. The fourth-order valence-corrected chi connectivity index (χ4v) is 4.61. The summed E-state index contributed by atoms with van der Waals surface area (Å²) >= 11 is 0. The quantitative estimate of drug-likeness (QED) is 0.476. The van der Waals surface area contributed by atoms with Gasteiger partial charge in [-0.2, -0.15) is 9.50 Å². The fraction of sp³-hybridized carbons (Fsp3) is 0.391.